The second-order valence-corrected chi connectivity index (χ2v) is 6.58. The summed E-state index contributed by atoms with van der Waals surface area (Å²) >= 11 is 12.6. The Labute approximate surface area is 144 Å². The Balaban J connectivity index is 1.96. The lowest BCUT2D eigenvalue weighted by Crippen LogP contribution is -2.20. The summed E-state index contributed by atoms with van der Waals surface area (Å²) in [6, 6.07) is 10.8. The number of amides is 1. The zero-order valence-corrected chi connectivity index (χ0v) is 15.0. The van der Waals surface area contributed by atoms with E-state index in [1.54, 1.807) is 24.3 Å². The zero-order valence-electron chi connectivity index (χ0n) is 11.1. The highest BCUT2D eigenvalue weighted by molar-refractivity contribution is 9.11. The van der Waals surface area contributed by atoms with Gasteiger partial charge in [0.05, 0.1) is 4.47 Å². The van der Waals surface area contributed by atoms with Crippen molar-refractivity contribution < 1.29 is 9.53 Å². The fourth-order valence-corrected chi connectivity index (χ4v) is 3.08. The van der Waals surface area contributed by atoms with Gasteiger partial charge in [-0.3, -0.25) is 4.79 Å². The number of carbonyl (C=O) groups is 1. The summed E-state index contributed by atoms with van der Waals surface area (Å²) in [4.78, 5) is 11.9. The summed E-state index contributed by atoms with van der Waals surface area (Å²) in [7, 11) is 0. The normalized spacial score (nSPS) is 10.3. The molecule has 0 spiro atoms. The van der Waals surface area contributed by atoms with Gasteiger partial charge in [0.2, 0.25) is 0 Å². The number of halogens is 3. The number of benzene rings is 2. The Morgan fingerprint density at radius 1 is 1.24 bits per heavy atom. The molecule has 0 aromatic heterocycles. The highest BCUT2D eigenvalue weighted by atomic mass is 79.9. The van der Waals surface area contributed by atoms with Crippen LogP contribution in [0.3, 0.4) is 0 Å². The van der Waals surface area contributed by atoms with E-state index in [1.807, 2.05) is 19.1 Å². The van der Waals surface area contributed by atoms with E-state index in [-0.39, 0.29) is 12.5 Å². The average molecular weight is 434 g/mol. The largest absolute Gasteiger partial charge is 0.483 e. The van der Waals surface area contributed by atoms with Crippen LogP contribution in [-0.2, 0) is 4.79 Å². The molecule has 0 atom stereocenters. The number of rotatable bonds is 4. The van der Waals surface area contributed by atoms with Crippen LogP contribution in [0.1, 0.15) is 5.56 Å². The molecule has 0 bridgehead atoms. The molecule has 0 heterocycles. The summed E-state index contributed by atoms with van der Waals surface area (Å²) < 4.78 is 7.20. The number of hydrogen-bond acceptors (Lipinski definition) is 2. The third kappa shape index (κ3) is 4.73. The summed E-state index contributed by atoms with van der Waals surface area (Å²) in [5, 5.41) is 3.43. The topological polar surface area (TPSA) is 38.3 Å². The minimum absolute atomic E-state index is 0.0672. The number of ether oxygens (including phenoxy) is 1. The lowest BCUT2D eigenvalue weighted by atomic mass is 10.2. The van der Waals surface area contributed by atoms with Crippen LogP contribution in [0.2, 0.25) is 5.02 Å². The first-order valence-electron chi connectivity index (χ1n) is 6.09. The summed E-state index contributed by atoms with van der Waals surface area (Å²) in [6.45, 7) is 1.82. The van der Waals surface area contributed by atoms with Gasteiger partial charge in [0.25, 0.3) is 5.91 Å². The van der Waals surface area contributed by atoms with Crippen molar-refractivity contribution in [3.63, 3.8) is 0 Å². The Bertz CT molecular complexity index is 677. The van der Waals surface area contributed by atoms with Gasteiger partial charge in [-0.1, -0.05) is 27.5 Å². The maximum atomic E-state index is 11.9. The van der Waals surface area contributed by atoms with Gasteiger partial charge in [0.1, 0.15) is 5.75 Å². The first kappa shape index (κ1) is 16.3. The van der Waals surface area contributed by atoms with E-state index in [9.17, 15) is 4.79 Å². The third-order valence-corrected chi connectivity index (χ3v) is 4.06. The average Bonchev–Trinajstić information content (AvgIpc) is 2.41. The zero-order chi connectivity index (χ0) is 15.4. The molecule has 3 nitrogen and oxygen atoms in total. The summed E-state index contributed by atoms with van der Waals surface area (Å²) in [5.74, 6) is 0.386. The van der Waals surface area contributed by atoms with Crippen LogP contribution in [0.25, 0.3) is 0 Å². The number of hydrogen-bond donors (Lipinski definition) is 1. The van der Waals surface area contributed by atoms with Gasteiger partial charge in [-0.2, -0.15) is 0 Å². The van der Waals surface area contributed by atoms with E-state index in [0.717, 1.165) is 20.2 Å². The molecule has 1 amide bonds. The molecule has 1 N–H and O–H groups in total. The van der Waals surface area contributed by atoms with Gasteiger partial charge in [-0.15, -0.1) is 0 Å². The van der Waals surface area contributed by atoms with Crippen LogP contribution in [0.4, 0.5) is 5.69 Å². The maximum absolute atomic E-state index is 11.9. The van der Waals surface area contributed by atoms with Crippen molar-refractivity contribution >= 4 is 55.1 Å². The Hall–Kier alpha value is -1.04. The fourth-order valence-electron chi connectivity index (χ4n) is 1.69. The molecule has 0 aliphatic rings. The lowest BCUT2D eigenvalue weighted by molar-refractivity contribution is -0.118. The lowest BCUT2D eigenvalue weighted by Gasteiger charge is -2.11. The number of anilines is 1. The number of aryl methyl sites for hydroxylation is 1. The van der Waals surface area contributed by atoms with Gasteiger partial charge in [-0.25, -0.2) is 0 Å². The number of carbonyl (C=O) groups excluding carboxylic acids is 1. The van der Waals surface area contributed by atoms with E-state index in [0.29, 0.717) is 10.8 Å². The molecule has 21 heavy (non-hydrogen) atoms. The quantitative estimate of drug-likeness (QED) is 0.721. The van der Waals surface area contributed by atoms with Gasteiger partial charge in [0, 0.05) is 15.2 Å². The van der Waals surface area contributed by atoms with E-state index >= 15 is 0 Å². The van der Waals surface area contributed by atoms with Crippen molar-refractivity contribution in [2.45, 2.75) is 6.92 Å². The SMILES string of the molecule is Cc1cc(Cl)ccc1NC(=O)COc1ccc(Br)cc1Br. The smallest absolute Gasteiger partial charge is 0.262 e. The fraction of sp³-hybridized carbons (Fsp3) is 0.133. The molecule has 0 unspecified atom stereocenters. The maximum Gasteiger partial charge on any atom is 0.262 e. The van der Waals surface area contributed by atoms with Crippen molar-refractivity contribution in [3.05, 3.63) is 55.9 Å². The molecule has 0 saturated carbocycles. The van der Waals surface area contributed by atoms with E-state index in [1.165, 1.54) is 0 Å². The molecule has 0 radical (unpaired) electrons. The molecule has 110 valence electrons. The first-order valence-corrected chi connectivity index (χ1v) is 8.06. The van der Waals surface area contributed by atoms with Gasteiger partial charge < -0.3 is 10.1 Å². The molecule has 2 aromatic carbocycles. The second-order valence-electron chi connectivity index (χ2n) is 4.37. The van der Waals surface area contributed by atoms with Crippen molar-refractivity contribution in [1.82, 2.24) is 0 Å². The summed E-state index contributed by atoms with van der Waals surface area (Å²) in [6.07, 6.45) is 0. The Morgan fingerprint density at radius 2 is 2.00 bits per heavy atom. The van der Waals surface area contributed by atoms with Gasteiger partial charge in [-0.05, 0) is 64.8 Å². The molecule has 0 fully saturated rings. The molecule has 2 aromatic rings. The van der Waals surface area contributed by atoms with Crippen LogP contribution < -0.4 is 10.1 Å². The van der Waals surface area contributed by atoms with E-state index in [2.05, 4.69) is 37.2 Å². The highest BCUT2D eigenvalue weighted by Gasteiger charge is 2.08. The van der Waals surface area contributed by atoms with Crippen LogP contribution in [-0.4, -0.2) is 12.5 Å². The molecule has 6 heteroatoms. The molecule has 2 rings (SSSR count). The van der Waals surface area contributed by atoms with Crippen LogP contribution >= 0.6 is 43.5 Å². The van der Waals surface area contributed by atoms with E-state index < -0.39 is 0 Å². The molecule has 0 saturated heterocycles. The predicted octanol–water partition coefficient (Wildman–Crippen LogP) is 5.19. The van der Waals surface area contributed by atoms with E-state index in [4.69, 9.17) is 16.3 Å². The molecular formula is C15H12Br2ClNO2. The third-order valence-electron chi connectivity index (χ3n) is 2.72. The predicted molar refractivity (Wildman–Crippen MR) is 92.2 cm³/mol. The number of nitrogens with one attached hydrogen (secondary N) is 1. The van der Waals surface area contributed by atoms with Crippen LogP contribution in [0.15, 0.2) is 45.3 Å². The van der Waals surface area contributed by atoms with Crippen molar-refractivity contribution in [3.8, 4) is 5.75 Å². The molecule has 0 aliphatic carbocycles. The monoisotopic (exact) mass is 431 g/mol. The Morgan fingerprint density at radius 3 is 2.67 bits per heavy atom. The van der Waals surface area contributed by atoms with Crippen molar-refractivity contribution in [2.24, 2.45) is 0 Å². The first-order chi connectivity index (χ1) is 9.95. The van der Waals surface area contributed by atoms with Gasteiger partial charge in [0.15, 0.2) is 6.61 Å². The van der Waals surface area contributed by atoms with Gasteiger partial charge >= 0.3 is 0 Å². The van der Waals surface area contributed by atoms with Crippen molar-refractivity contribution in [1.29, 1.82) is 0 Å². The minimum atomic E-state index is -0.227. The highest BCUT2D eigenvalue weighted by Crippen LogP contribution is 2.28. The summed E-state index contributed by atoms with van der Waals surface area (Å²) in [5.41, 5.74) is 1.63. The Kier molecular flexibility index (Phi) is 5.67. The standard InChI is InChI=1S/C15H12Br2ClNO2/c1-9-6-11(18)3-4-13(9)19-15(20)8-21-14-5-2-10(16)7-12(14)17/h2-7H,8H2,1H3,(H,19,20). The second kappa shape index (κ2) is 7.29. The molecule has 0 aliphatic heterocycles. The van der Waals surface area contributed by atoms with Crippen LogP contribution in [0, 0.1) is 6.92 Å². The van der Waals surface area contributed by atoms with Crippen molar-refractivity contribution in [2.75, 3.05) is 11.9 Å². The van der Waals surface area contributed by atoms with Crippen LogP contribution in [0.5, 0.6) is 5.75 Å². The minimum Gasteiger partial charge on any atom is -0.483 e. The molecular weight excluding hydrogens is 421 g/mol.